The highest BCUT2D eigenvalue weighted by molar-refractivity contribution is 5.83. The van der Waals surface area contributed by atoms with Gasteiger partial charge in [0.25, 0.3) is 0 Å². The maximum absolute atomic E-state index is 12.5. The lowest BCUT2D eigenvalue weighted by atomic mass is 10.1. The van der Waals surface area contributed by atoms with Gasteiger partial charge in [0, 0.05) is 5.39 Å². The molecule has 4 aromatic rings. The molecule has 2 aromatic carbocycles. The molecule has 0 spiro atoms. The first kappa shape index (κ1) is 19.6. The maximum atomic E-state index is 12.5. The van der Waals surface area contributed by atoms with E-state index >= 15 is 0 Å². The minimum atomic E-state index is -0.790. The highest BCUT2D eigenvalue weighted by atomic mass is 16.7. The minimum absolute atomic E-state index is 0.274. The molecule has 0 aliphatic carbocycles. The van der Waals surface area contributed by atoms with E-state index in [1.165, 1.54) is 0 Å². The maximum Gasteiger partial charge on any atom is 0.515 e. The van der Waals surface area contributed by atoms with E-state index in [9.17, 15) is 4.79 Å². The molecule has 0 aliphatic rings. The summed E-state index contributed by atoms with van der Waals surface area (Å²) in [5.41, 5.74) is 2.96. The smallest absolute Gasteiger partial charge is 0.428 e. The monoisotopic (exact) mass is 401 g/mol. The Morgan fingerprint density at radius 1 is 0.933 bits per heavy atom. The van der Waals surface area contributed by atoms with Gasteiger partial charge in [0.1, 0.15) is 5.60 Å². The Hall–Kier alpha value is -3.67. The molecule has 6 nitrogen and oxygen atoms in total. The van der Waals surface area contributed by atoms with Gasteiger partial charge < -0.3 is 9.47 Å². The van der Waals surface area contributed by atoms with E-state index in [0.717, 1.165) is 16.6 Å². The van der Waals surface area contributed by atoms with Crippen LogP contribution >= 0.6 is 0 Å². The number of pyridine rings is 1. The lowest BCUT2D eigenvalue weighted by molar-refractivity contribution is 0.0193. The summed E-state index contributed by atoms with van der Waals surface area (Å²) in [6.07, 6.45) is -0.790. The summed E-state index contributed by atoms with van der Waals surface area (Å²) in [4.78, 5) is 17.3. The van der Waals surface area contributed by atoms with E-state index in [2.05, 4.69) is 5.10 Å². The fourth-order valence-corrected chi connectivity index (χ4v) is 3.19. The quantitative estimate of drug-likeness (QED) is 0.411. The van der Waals surface area contributed by atoms with Crippen LogP contribution < -0.4 is 4.74 Å². The van der Waals surface area contributed by atoms with Crippen molar-refractivity contribution in [2.75, 3.05) is 0 Å². The number of aromatic nitrogens is 3. The van der Waals surface area contributed by atoms with Crippen LogP contribution in [-0.2, 0) is 4.74 Å². The molecule has 0 saturated heterocycles. The molecule has 4 rings (SSSR count). The number of rotatable bonds is 3. The van der Waals surface area contributed by atoms with Crippen LogP contribution in [-0.4, -0.2) is 26.5 Å². The van der Waals surface area contributed by atoms with Gasteiger partial charge in [0.05, 0.1) is 28.2 Å². The summed E-state index contributed by atoms with van der Waals surface area (Å²) in [6.45, 7) is 7.24. The lowest BCUT2D eigenvalue weighted by Gasteiger charge is -2.19. The molecule has 0 atom stereocenters. The van der Waals surface area contributed by atoms with Crippen LogP contribution in [0.15, 0.2) is 66.7 Å². The molecular formula is C24H23N3O3. The summed E-state index contributed by atoms with van der Waals surface area (Å²) in [5, 5.41) is 5.66. The van der Waals surface area contributed by atoms with Gasteiger partial charge in [-0.15, -0.1) is 0 Å². The van der Waals surface area contributed by atoms with E-state index in [4.69, 9.17) is 14.5 Å². The summed E-state index contributed by atoms with van der Waals surface area (Å²) >= 11 is 0. The molecule has 0 bridgehead atoms. The average molecular weight is 401 g/mol. The zero-order chi connectivity index (χ0) is 21.3. The first-order valence-corrected chi connectivity index (χ1v) is 9.74. The Bertz CT molecular complexity index is 1210. The van der Waals surface area contributed by atoms with E-state index < -0.39 is 11.8 Å². The Morgan fingerprint density at radius 2 is 1.63 bits per heavy atom. The first-order valence-electron chi connectivity index (χ1n) is 9.74. The van der Waals surface area contributed by atoms with Gasteiger partial charge >= 0.3 is 6.16 Å². The van der Waals surface area contributed by atoms with Crippen LogP contribution in [0, 0.1) is 6.92 Å². The van der Waals surface area contributed by atoms with Crippen LogP contribution in [0.1, 0.15) is 26.5 Å². The van der Waals surface area contributed by atoms with Gasteiger partial charge in [-0.3, -0.25) is 0 Å². The molecule has 2 heterocycles. The summed E-state index contributed by atoms with van der Waals surface area (Å²) < 4.78 is 12.7. The van der Waals surface area contributed by atoms with Crippen molar-refractivity contribution in [2.45, 2.75) is 33.3 Å². The fraction of sp³-hybridized carbons (Fsp3) is 0.208. The first-order chi connectivity index (χ1) is 14.3. The van der Waals surface area contributed by atoms with Gasteiger partial charge in [-0.25, -0.2) is 9.78 Å². The molecule has 0 radical (unpaired) electrons. The second-order valence-electron chi connectivity index (χ2n) is 7.97. The number of hydrogen-bond acceptors (Lipinski definition) is 5. The molecule has 0 fully saturated rings. The average Bonchev–Trinajstić information content (AvgIpc) is 3.02. The van der Waals surface area contributed by atoms with Gasteiger partial charge in [0.15, 0.2) is 0 Å². The van der Waals surface area contributed by atoms with Gasteiger partial charge in [-0.2, -0.15) is 9.78 Å². The van der Waals surface area contributed by atoms with Crippen molar-refractivity contribution >= 4 is 17.1 Å². The van der Waals surface area contributed by atoms with Crippen molar-refractivity contribution in [2.24, 2.45) is 0 Å². The molecule has 30 heavy (non-hydrogen) atoms. The summed E-state index contributed by atoms with van der Waals surface area (Å²) in [5.74, 6) is 0.274. The third-order valence-electron chi connectivity index (χ3n) is 4.44. The molecule has 0 aliphatic heterocycles. The van der Waals surface area contributed by atoms with Crippen molar-refractivity contribution in [3.63, 3.8) is 0 Å². The summed E-state index contributed by atoms with van der Waals surface area (Å²) in [6, 6.07) is 21.3. The van der Waals surface area contributed by atoms with E-state index in [1.54, 1.807) is 25.5 Å². The molecule has 152 valence electrons. The Labute approximate surface area is 175 Å². The van der Waals surface area contributed by atoms with Crippen molar-refractivity contribution in [1.82, 2.24) is 14.8 Å². The van der Waals surface area contributed by atoms with Gasteiger partial charge in [-0.1, -0.05) is 42.5 Å². The number of hydrogen-bond donors (Lipinski definition) is 0. The highest BCUT2D eigenvalue weighted by Gasteiger charge is 2.26. The van der Waals surface area contributed by atoms with Crippen LogP contribution in [0.2, 0.25) is 0 Å². The Morgan fingerprint density at radius 3 is 2.37 bits per heavy atom. The van der Waals surface area contributed by atoms with Crippen LogP contribution in [0.5, 0.6) is 5.88 Å². The van der Waals surface area contributed by atoms with E-state index in [1.807, 2.05) is 73.7 Å². The SMILES string of the molecule is Cc1nn(-c2ccccc2)c(OC(=O)OC(C)(C)C)c1-c1ccc2ccccc2n1. The number of nitrogens with zero attached hydrogens (tertiary/aromatic N) is 3. The number of fused-ring (bicyclic) bond motifs is 1. The lowest BCUT2D eigenvalue weighted by Crippen LogP contribution is -2.26. The molecule has 0 saturated carbocycles. The molecule has 0 amide bonds. The van der Waals surface area contributed by atoms with E-state index in [-0.39, 0.29) is 5.88 Å². The zero-order valence-electron chi connectivity index (χ0n) is 17.4. The summed E-state index contributed by atoms with van der Waals surface area (Å²) in [7, 11) is 0. The van der Waals surface area contributed by atoms with Crippen LogP contribution in [0.3, 0.4) is 0 Å². The van der Waals surface area contributed by atoms with Crippen LogP contribution in [0.25, 0.3) is 27.8 Å². The minimum Gasteiger partial charge on any atom is -0.428 e. The molecule has 2 aromatic heterocycles. The number of benzene rings is 2. The standard InChI is InChI=1S/C24H23N3O3/c1-16-21(20-15-14-17-10-8-9-13-19(17)25-20)22(29-23(28)30-24(2,3)4)27(26-16)18-11-6-5-7-12-18/h5-15H,1-4H3. The number of carbonyl (C=O) groups excluding carboxylic acids is 1. The van der Waals surface area contributed by atoms with Gasteiger partial charge in [-0.05, 0) is 52.0 Å². The van der Waals surface area contributed by atoms with E-state index in [0.29, 0.717) is 17.0 Å². The third kappa shape index (κ3) is 4.03. The van der Waals surface area contributed by atoms with Gasteiger partial charge in [0.2, 0.25) is 5.88 Å². The van der Waals surface area contributed by atoms with Crippen molar-refractivity contribution in [3.8, 4) is 22.8 Å². The number of carbonyl (C=O) groups is 1. The molecule has 0 unspecified atom stereocenters. The predicted molar refractivity (Wildman–Crippen MR) is 116 cm³/mol. The normalized spacial score (nSPS) is 11.5. The van der Waals surface area contributed by atoms with Crippen molar-refractivity contribution in [3.05, 3.63) is 72.4 Å². The largest absolute Gasteiger partial charge is 0.515 e. The van der Waals surface area contributed by atoms with Crippen molar-refractivity contribution in [1.29, 1.82) is 0 Å². The molecular weight excluding hydrogens is 378 g/mol. The second-order valence-corrected chi connectivity index (χ2v) is 7.97. The number of ether oxygens (including phenoxy) is 2. The van der Waals surface area contributed by atoms with Crippen molar-refractivity contribution < 1.29 is 14.3 Å². The predicted octanol–water partition coefficient (Wildman–Crippen LogP) is 5.71. The highest BCUT2D eigenvalue weighted by Crippen LogP contribution is 2.35. The topological polar surface area (TPSA) is 66.2 Å². The fourth-order valence-electron chi connectivity index (χ4n) is 3.19. The van der Waals surface area contributed by atoms with Crippen LogP contribution in [0.4, 0.5) is 4.79 Å². The zero-order valence-corrected chi connectivity index (χ0v) is 17.4. The number of aryl methyl sites for hydroxylation is 1. The Kier molecular flexibility index (Phi) is 4.99. The second kappa shape index (κ2) is 7.63. The molecule has 6 heteroatoms. The number of para-hydroxylation sites is 2. The third-order valence-corrected chi connectivity index (χ3v) is 4.44. The Balaban J connectivity index is 1.86. The molecule has 0 N–H and O–H groups in total.